The van der Waals surface area contributed by atoms with Crippen molar-refractivity contribution in [3.63, 3.8) is 0 Å². The minimum atomic E-state index is -0.326. The third-order valence-electron chi connectivity index (χ3n) is 7.41. The number of rotatable bonds is 8. The third-order valence-corrected chi connectivity index (χ3v) is 7.73. The number of hydrogen-bond donors (Lipinski definition) is 2. The molecule has 3 aliphatic carbocycles. The summed E-state index contributed by atoms with van der Waals surface area (Å²) in [4.78, 5) is 12.8. The van der Waals surface area contributed by atoms with E-state index in [0.717, 1.165) is 69.5 Å². The topological polar surface area (TPSA) is 41.1 Å². The second-order valence-electron chi connectivity index (χ2n) is 9.54. The molecule has 0 atom stereocenters. The molecular weight excluding hydrogens is 387 g/mol. The van der Waals surface area contributed by atoms with E-state index in [0.29, 0.717) is 16.9 Å². The van der Waals surface area contributed by atoms with Gasteiger partial charge >= 0.3 is 0 Å². The molecule has 0 spiro atoms. The van der Waals surface area contributed by atoms with Crippen molar-refractivity contribution in [2.75, 3.05) is 13.1 Å². The predicted molar refractivity (Wildman–Crippen MR) is 116 cm³/mol. The maximum Gasteiger partial charge on any atom is 0.240 e. The first kappa shape index (κ1) is 21.1. The first-order valence-corrected chi connectivity index (χ1v) is 11.9. The molecule has 1 aromatic carbocycles. The molecule has 3 fully saturated rings. The standard InChI is InChI=1S/C24H34ClFN2O/c25-22-15-20(26)9-10-21(22)19-7-5-17(6-8-19)11-14-28-24(12-1-2-13-24)23(29)27-16-18-3-4-18/h9-10,15,17-19,28H,1-8,11-14,16H2,(H,27,29). The van der Waals surface area contributed by atoms with Crippen LogP contribution < -0.4 is 10.6 Å². The highest BCUT2D eigenvalue weighted by Crippen LogP contribution is 2.40. The summed E-state index contributed by atoms with van der Waals surface area (Å²) in [6.07, 6.45) is 12.5. The minimum Gasteiger partial charge on any atom is -0.354 e. The van der Waals surface area contributed by atoms with Crippen molar-refractivity contribution in [3.8, 4) is 0 Å². The summed E-state index contributed by atoms with van der Waals surface area (Å²) < 4.78 is 13.3. The molecule has 0 aliphatic heterocycles. The highest BCUT2D eigenvalue weighted by Gasteiger charge is 2.41. The van der Waals surface area contributed by atoms with Gasteiger partial charge in [0.2, 0.25) is 5.91 Å². The summed E-state index contributed by atoms with van der Waals surface area (Å²) in [6, 6.07) is 4.81. The zero-order valence-electron chi connectivity index (χ0n) is 17.3. The number of benzene rings is 1. The molecule has 5 heteroatoms. The molecule has 1 aromatic rings. The van der Waals surface area contributed by atoms with Crippen molar-refractivity contribution < 1.29 is 9.18 Å². The van der Waals surface area contributed by atoms with Gasteiger partial charge in [-0.25, -0.2) is 4.39 Å². The number of nitrogens with one attached hydrogen (secondary N) is 2. The Morgan fingerprint density at radius 3 is 2.41 bits per heavy atom. The lowest BCUT2D eigenvalue weighted by Crippen LogP contribution is -2.55. The fraction of sp³-hybridized carbons (Fsp3) is 0.708. The Kier molecular flexibility index (Phi) is 6.80. The van der Waals surface area contributed by atoms with E-state index in [1.54, 1.807) is 0 Å². The highest BCUT2D eigenvalue weighted by molar-refractivity contribution is 6.31. The van der Waals surface area contributed by atoms with E-state index in [-0.39, 0.29) is 17.3 Å². The van der Waals surface area contributed by atoms with Crippen molar-refractivity contribution in [1.82, 2.24) is 10.6 Å². The van der Waals surface area contributed by atoms with Gasteiger partial charge in [0.05, 0.1) is 5.54 Å². The summed E-state index contributed by atoms with van der Waals surface area (Å²) in [5.74, 6) is 1.84. The lowest BCUT2D eigenvalue weighted by molar-refractivity contribution is -0.127. The molecule has 0 heterocycles. The lowest BCUT2D eigenvalue weighted by atomic mass is 9.77. The van der Waals surface area contributed by atoms with Gasteiger partial charge < -0.3 is 10.6 Å². The molecule has 0 bridgehead atoms. The van der Waals surface area contributed by atoms with Crippen LogP contribution in [0.2, 0.25) is 5.02 Å². The van der Waals surface area contributed by atoms with E-state index < -0.39 is 0 Å². The van der Waals surface area contributed by atoms with Gasteiger partial charge in [0.15, 0.2) is 0 Å². The third kappa shape index (κ3) is 5.32. The fourth-order valence-corrected chi connectivity index (χ4v) is 5.62. The molecule has 29 heavy (non-hydrogen) atoms. The Morgan fingerprint density at radius 1 is 1.07 bits per heavy atom. The van der Waals surface area contributed by atoms with Crippen LogP contribution in [0.1, 0.15) is 82.1 Å². The molecular formula is C24H34ClFN2O. The predicted octanol–water partition coefficient (Wildman–Crippen LogP) is 5.57. The van der Waals surface area contributed by atoms with E-state index in [1.807, 2.05) is 6.07 Å². The van der Waals surface area contributed by atoms with Gasteiger partial charge in [0.1, 0.15) is 5.82 Å². The fourth-order valence-electron chi connectivity index (χ4n) is 5.30. The molecule has 4 rings (SSSR count). The molecule has 3 aliphatic rings. The van der Waals surface area contributed by atoms with E-state index >= 15 is 0 Å². The van der Waals surface area contributed by atoms with Crippen LogP contribution >= 0.6 is 11.6 Å². The van der Waals surface area contributed by atoms with Crippen LogP contribution in [-0.2, 0) is 4.79 Å². The zero-order chi connectivity index (χ0) is 20.3. The van der Waals surface area contributed by atoms with Crippen molar-refractivity contribution >= 4 is 17.5 Å². The number of halogens is 2. The Balaban J connectivity index is 1.22. The molecule has 3 saturated carbocycles. The lowest BCUT2D eigenvalue weighted by Gasteiger charge is -2.32. The monoisotopic (exact) mass is 420 g/mol. The van der Waals surface area contributed by atoms with Crippen LogP contribution in [0.5, 0.6) is 0 Å². The quantitative estimate of drug-likeness (QED) is 0.577. The van der Waals surface area contributed by atoms with Crippen molar-refractivity contribution in [2.45, 2.75) is 82.1 Å². The normalized spacial score (nSPS) is 26.4. The molecule has 0 saturated heterocycles. The van der Waals surface area contributed by atoms with Crippen LogP contribution in [-0.4, -0.2) is 24.5 Å². The van der Waals surface area contributed by atoms with Gasteiger partial charge in [-0.2, -0.15) is 0 Å². The van der Waals surface area contributed by atoms with Gasteiger partial charge in [-0.15, -0.1) is 0 Å². The van der Waals surface area contributed by atoms with Crippen LogP contribution in [0.15, 0.2) is 18.2 Å². The number of hydrogen-bond acceptors (Lipinski definition) is 2. The van der Waals surface area contributed by atoms with Gasteiger partial charge in [0.25, 0.3) is 0 Å². The number of amides is 1. The molecule has 160 valence electrons. The maximum absolute atomic E-state index is 13.3. The van der Waals surface area contributed by atoms with E-state index in [1.165, 1.54) is 37.8 Å². The summed E-state index contributed by atoms with van der Waals surface area (Å²) >= 11 is 6.26. The average Bonchev–Trinajstić information content (AvgIpc) is 3.43. The van der Waals surface area contributed by atoms with Gasteiger partial charge in [-0.1, -0.05) is 30.5 Å². The van der Waals surface area contributed by atoms with Crippen LogP contribution in [0, 0.1) is 17.7 Å². The van der Waals surface area contributed by atoms with E-state index in [4.69, 9.17) is 11.6 Å². The summed E-state index contributed by atoms with van der Waals surface area (Å²) in [5.41, 5.74) is 0.773. The average molecular weight is 421 g/mol. The van der Waals surface area contributed by atoms with Crippen LogP contribution in [0.3, 0.4) is 0 Å². The Hall–Kier alpha value is -1.13. The smallest absolute Gasteiger partial charge is 0.240 e. The molecule has 0 radical (unpaired) electrons. The number of carbonyl (C=O) groups excluding carboxylic acids is 1. The van der Waals surface area contributed by atoms with Gasteiger partial charge in [-0.05, 0) is 99.8 Å². The van der Waals surface area contributed by atoms with Crippen LogP contribution in [0.4, 0.5) is 4.39 Å². The maximum atomic E-state index is 13.3. The second kappa shape index (κ2) is 9.34. The molecule has 0 unspecified atom stereocenters. The first-order chi connectivity index (χ1) is 14.1. The molecule has 3 nitrogen and oxygen atoms in total. The Morgan fingerprint density at radius 2 is 1.76 bits per heavy atom. The van der Waals surface area contributed by atoms with Crippen molar-refractivity contribution in [2.24, 2.45) is 11.8 Å². The molecule has 1 amide bonds. The molecule has 2 N–H and O–H groups in total. The number of carbonyl (C=O) groups is 1. The Labute approximate surface area is 179 Å². The summed E-state index contributed by atoms with van der Waals surface area (Å²) in [6.45, 7) is 1.78. The van der Waals surface area contributed by atoms with E-state index in [9.17, 15) is 9.18 Å². The first-order valence-electron chi connectivity index (χ1n) is 11.5. The van der Waals surface area contributed by atoms with E-state index in [2.05, 4.69) is 10.6 Å². The Bertz CT molecular complexity index is 707. The van der Waals surface area contributed by atoms with Crippen molar-refractivity contribution in [1.29, 1.82) is 0 Å². The van der Waals surface area contributed by atoms with Gasteiger partial charge in [0, 0.05) is 11.6 Å². The van der Waals surface area contributed by atoms with Crippen molar-refractivity contribution in [3.05, 3.63) is 34.6 Å². The minimum absolute atomic E-state index is 0.233. The summed E-state index contributed by atoms with van der Waals surface area (Å²) in [5, 5.41) is 7.44. The largest absolute Gasteiger partial charge is 0.354 e. The molecule has 0 aromatic heterocycles. The van der Waals surface area contributed by atoms with Crippen LogP contribution in [0.25, 0.3) is 0 Å². The SMILES string of the molecule is O=C(NCC1CC1)C1(NCCC2CCC(c3ccc(F)cc3Cl)CC2)CCCC1. The van der Waals surface area contributed by atoms with Gasteiger partial charge in [-0.3, -0.25) is 4.79 Å². The second-order valence-corrected chi connectivity index (χ2v) is 9.95. The summed E-state index contributed by atoms with van der Waals surface area (Å²) in [7, 11) is 0. The zero-order valence-corrected chi connectivity index (χ0v) is 18.1. The highest BCUT2D eigenvalue weighted by atomic mass is 35.5.